The van der Waals surface area contributed by atoms with Gasteiger partial charge in [0.2, 0.25) is 0 Å². The summed E-state index contributed by atoms with van der Waals surface area (Å²) in [5, 5.41) is 12.2. The molecule has 2 aromatic heterocycles. The zero-order valence-corrected chi connectivity index (χ0v) is 17.0. The molecular formula is C25H22N6. The average molecular weight is 406 g/mol. The van der Waals surface area contributed by atoms with Crippen LogP contribution >= 0.6 is 0 Å². The SMILES string of the molecule is c1ccc(CCn2nnc3c(NCc4ccccc4)nc(-c4ccccc4)nc32)cc1. The van der Waals surface area contributed by atoms with Crippen LogP contribution in [0.1, 0.15) is 11.1 Å². The molecule has 0 amide bonds. The third kappa shape index (κ3) is 4.28. The first-order valence-electron chi connectivity index (χ1n) is 10.4. The van der Waals surface area contributed by atoms with Crippen LogP contribution in [0.25, 0.3) is 22.6 Å². The van der Waals surface area contributed by atoms with Gasteiger partial charge in [-0.1, -0.05) is 96.2 Å². The van der Waals surface area contributed by atoms with Crippen molar-refractivity contribution in [3.63, 3.8) is 0 Å². The van der Waals surface area contributed by atoms with Crippen LogP contribution in [-0.4, -0.2) is 25.0 Å². The second-order valence-electron chi connectivity index (χ2n) is 7.32. The molecule has 1 N–H and O–H groups in total. The van der Waals surface area contributed by atoms with E-state index in [1.165, 1.54) is 11.1 Å². The molecule has 0 saturated carbocycles. The Morgan fingerprint density at radius 3 is 2.06 bits per heavy atom. The van der Waals surface area contributed by atoms with Crippen molar-refractivity contribution in [1.29, 1.82) is 0 Å². The van der Waals surface area contributed by atoms with E-state index in [2.05, 4.69) is 52.0 Å². The number of fused-ring (bicyclic) bond motifs is 1. The summed E-state index contributed by atoms with van der Waals surface area (Å²) in [6.45, 7) is 1.35. The van der Waals surface area contributed by atoms with E-state index in [0.29, 0.717) is 30.2 Å². The highest BCUT2D eigenvalue weighted by Gasteiger charge is 2.15. The summed E-state index contributed by atoms with van der Waals surface area (Å²) < 4.78 is 1.87. The van der Waals surface area contributed by atoms with Crippen molar-refractivity contribution in [2.75, 3.05) is 5.32 Å². The number of hydrogen-bond acceptors (Lipinski definition) is 5. The fourth-order valence-electron chi connectivity index (χ4n) is 3.51. The first-order valence-corrected chi connectivity index (χ1v) is 10.4. The summed E-state index contributed by atoms with van der Waals surface area (Å²) in [6.07, 6.45) is 0.858. The molecule has 3 aromatic carbocycles. The average Bonchev–Trinajstić information content (AvgIpc) is 3.26. The lowest BCUT2D eigenvalue weighted by atomic mass is 10.1. The van der Waals surface area contributed by atoms with Crippen LogP contribution in [0.4, 0.5) is 5.82 Å². The Morgan fingerprint density at radius 2 is 1.35 bits per heavy atom. The minimum Gasteiger partial charge on any atom is -0.364 e. The van der Waals surface area contributed by atoms with Crippen molar-refractivity contribution in [2.24, 2.45) is 0 Å². The lowest BCUT2D eigenvalue weighted by Crippen LogP contribution is -2.07. The summed E-state index contributed by atoms with van der Waals surface area (Å²) in [6, 6.07) is 30.6. The van der Waals surface area contributed by atoms with Gasteiger partial charge in [-0.05, 0) is 17.5 Å². The maximum absolute atomic E-state index is 4.82. The molecule has 0 fully saturated rings. The summed E-state index contributed by atoms with van der Waals surface area (Å²) in [5.41, 5.74) is 4.81. The predicted octanol–water partition coefficient (Wildman–Crippen LogP) is 4.74. The highest BCUT2D eigenvalue weighted by atomic mass is 15.4. The van der Waals surface area contributed by atoms with Gasteiger partial charge in [0.05, 0.1) is 0 Å². The monoisotopic (exact) mass is 406 g/mol. The molecule has 5 rings (SSSR count). The first kappa shape index (κ1) is 18.9. The van der Waals surface area contributed by atoms with Gasteiger partial charge in [-0.15, -0.1) is 5.10 Å². The minimum atomic E-state index is 0.651. The molecule has 0 aliphatic heterocycles. The topological polar surface area (TPSA) is 68.5 Å². The molecule has 0 unspecified atom stereocenters. The number of rotatable bonds is 7. The summed E-state index contributed by atoms with van der Waals surface area (Å²) in [5.74, 6) is 1.35. The van der Waals surface area contributed by atoms with E-state index in [4.69, 9.17) is 9.97 Å². The van der Waals surface area contributed by atoms with Gasteiger partial charge in [0.15, 0.2) is 22.8 Å². The number of nitrogens with one attached hydrogen (secondary N) is 1. The second-order valence-corrected chi connectivity index (χ2v) is 7.32. The molecule has 5 aromatic rings. The van der Waals surface area contributed by atoms with E-state index in [9.17, 15) is 0 Å². The Morgan fingerprint density at radius 1 is 0.710 bits per heavy atom. The van der Waals surface area contributed by atoms with Crippen molar-refractivity contribution in [3.05, 3.63) is 102 Å². The standard InChI is InChI=1S/C25H22N6/c1-4-10-19(11-5-1)16-17-31-25-22(29-30-31)24(26-18-20-12-6-2-7-13-20)27-23(28-25)21-14-8-3-9-15-21/h1-15H,16-18H2,(H,26,27,28). The minimum absolute atomic E-state index is 0.651. The lowest BCUT2D eigenvalue weighted by molar-refractivity contribution is 0.602. The molecule has 31 heavy (non-hydrogen) atoms. The molecule has 0 spiro atoms. The molecule has 6 nitrogen and oxygen atoms in total. The molecule has 0 bridgehead atoms. The Balaban J connectivity index is 1.50. The Hall–Kier alpha value is -4.06. The van der Waals surface area contributed by atoms with Crippen LogP contribution in [0.2, 0.25) is 0 Å². The maximum atomic E-state index is 4.82. The van der Waals surface area contributed by atoms with Gasteiger partial charge in [-0.25, -0.2) is 14.6 Å². The van der Waals surface area contributed by atoms with E-state index < -0.39 is 0 Å². The number of aromatic nitrogens is 5. The quantitative estimate of drug-likeness (QED) is 0.423. The third-order valence-electron chi connectivity index (χ3n) is 5.15. The van der Waals surface area contributed by atoms with Crippen molar-refractivity contribution < 1.29 is 0 Å². The van der Waals surface area contributed by atoms with Crippen molar-refractivity contribution >= 4 is 17.0 Å². The van der Waals surface area contributed by atoms with Gasteiger partial charge < -0.3 is 5.32 Å². The maximum Gasteiger partial charge on any atom is 0.184 e. The van der Waals surface area contributed by atoms with Crippen LogP contribution in [0.15, 0.2) is 91.0 Å². The lowest BCUT2D eigenvalue weighted by Gasteiger charge is -2.09. The normalized spacial score (nSPS) is 11.0. The third-order valence-corrected chi connectivity index (χ3v) is 5.15. The Kier molecular flexibility index (Phi) is 5.35. The number of hydrogen-bond donors (Lipinski definition) is 1. The number of anilines is 1. The van der Waals surface area contributed by atoms with Crippen molar-refractivity contribution in [2.45, 2.75) is 19.5 Å². The molecule has 0 radical (unpaired) electrons. The van der Waals surface area contributed by atoms with Crippen molar-refractivity contribution in [3.8, 4) is 11.4 Å². The van der Waals surface area contributed by atoms with Gasteiger partial charge in [0.25, 0.3) is 0 Å². The number of aryl methyl sites for hydroxylation is 2. The molecule has 2 heterocycles. The molecule has 0 atom stereocenters. The van der Waals surface area contributed by atoms with Crippen molar-refractivity contribution in [1.82, 2.24) is 25.0 Å². The van der Waals surface area contributed by atoms with Gasteiger partial charge >= 0.3 is 0 Å². The van der Waals surface area contributed by atoms with E-state index in [1.54, 1.807) is 0 Å². The van der Waals surface area contributed by atoms with Crippen LogP contribution < -0.4 is 5.32 Å². The number of nitrogens with zero attached hydrogens (tertiary/aromatic N) is 5. The largest absolute Gasteiger partial charge is 0.364 e. The molecule has 152 valence electrons. The second kappa shape index (κ2) is 8.75. The van der Waals surface area contributed by atoms with Crippen LogP contribution in [0, 0.1) is 0 Å². The fraction of sp³-hybridized carbons (Fsp3) is 0.120. The summed E-state index contributed by atoms with van der Waals surface area (Å²) >= 11 is 0. The fourth-order valence-corrected chi connectivity index (χ4v) is 3.51. The van der Waals surface area contributed by atoms with E-state index in [-0.39, 0.29) is 0 Å². The first-order chi connectivity index (χ1) is 15.4. The van der Waals surface area contributed by atoms with Gasteiger partial charge in [0, 0.05) is 18.7 Å². The number of benzene rings is 3. The van der Waals surface area contributed by atoms with Gasteiger partial charge in [-0.2, -0.15) is 0 Å². The Labute approximate surface area is 180 Å². The smallest absolute Gasteiger partial charge is 0.184 e. The van der Waals surface area contributed by atoms with E-state index >= 15 is 0 Å². The predicted molar refractivity (Wildman–Crippen MR) is 122 cm³/mol. The van der Waals surface area contributed by atoms with Crippen LogP contribution in [0.5, 0.6) is 0 Å². The van der Waals surface area contributed by atoms with Gasteiger partial charge in [0.1, 0.15) is 0 Å². The molecule has 0 aliphatic carbocycles. The zero-order chi connectivity index (χ0) is 20.9. The molecule has 0 aliphatic rings. The van der Waals surface area contributed by atoms with Crippen LogP contribution in [0.3, 0.4) is 0 Å². The summed E-state index contributed by atoms with van der Waals surface area (Å²) in [7, 11) is 0. The van der Waals surface area contributed by atoms with Crippen LogP contribution in [-0.2, 0) is 19.5 Å². The van der Waals surface area contributed by atoms with E-state index in [0.717, 1.165) is 17.6 Å². The van der Waals surface area contributed by atoms with E-state index in [1.807, 2.05) is 59.3 Å². The molecular weight excluding hydrogens is 384 g/mol. The Bertz CT molecular complexity index is 1270. The van der Waals surface area contributed by atoms with Gasteiger partial charge in [-0.3, -0.25) is 0 Å². The summed E-state index contributed by atoms with van der Waals surface area (Å²) in [4.78, 5) is 9.60. The zero-order valence-electron chi connectivity index (χ0n) is 17.0. The highest BCUT2D eigenvalue weighted by Crippen LogP contribution is 2.24. The molecule has 6 heteroatoms. The highest BCUT2D eigenvalue weighted by molar-refractivity contribution is 5.84. The molecule has 0 saturated heterocycles.